The molecule has 0 radical (unpaired) electrons. The van der Waals surface area contributed by atoms with Crippen LogP contribution in [0.15, 0.2) is 161 Å². The molecule has 0 aliphatic rings. The molecular weight excluding hydrogens is 550 g/mol. The summed E-state index contributed by atoms with van der Waals surface area (Å²) in [5, 5.41) is 3.15. The van der Waals surface area contributed by atoms with Crippen molar-refractivity contribution >= 4 is 56.6 Å². The lowest BCUT2D eigenvalue weighted by atomic mass is 9.97. The highest BCUT2D eigenvalue weighted by Crippen LogP contribution is 2.40. The molecule has 0 aliphatic heterocycles. The fraction of sp³-hybridized carbons (Fsp3) is 0.0244. The summed E-state index contributed by atoms with van der Waals surface area (Å²) in [6, 6.07) is 52.4. The second-order valence-corrected chi connectivity index (χ2v) is 11.1. The molecule has 45 heavy (non-hydrogen) atoms. The van der Waals surface area contributed by atoms with Crippen LogP contribution in [0.3, 0.4) is 0 Å². The van der Waals surface area contributed by atoms with E-state index in [2.05, 4.69) is 120 Å². The molecule has 0 fully saturated rings. The Morgan fingerprint density at radius 3 is 2.18 bits per heavy atom. The summed E-state index contributed by atoms with van der Waals surface area (Å²) >= 11 is 0. The van der Waals surface area contributed by atoms with E-state index in [-0.39, 0.29) is 0 Å². The third kappa shape index (κ3) is 4.83. The SMILES string of the molecule is C=Nc1ccccc1N(Cc1ccc(-c2cccc(-c3nc4ccccc4c4oc5ccccc5c34)c2)cc1)c1ccccc1. The number of fused-ring (bicyclic) bond motifs is 5. The molecule has 0 N–H and O–H groups in total. The number of rotatable bonds is 7. The van der Waals surface area contributed by atoms with E-state index in [4.69, 9.17) is 9.40 Å². The molecule has 0 aliphatic carbocycles. The monoisotopic (exact) mass is 579 g/mol. The Balaban J connectivity index is 1.17. The van der Waals surface area contributed by atoms with E-state index in [1.165, 1.54) is 5.56 Å². The highest BCUT2D eigenvalue weighted by Gasteiger charge is 2.18. The van der Waals surface area contributed by atoms with E-state index in [9.17, 15) is 0 Å². The van der Waals surface area contributed by atoms with Crippen LogP contribution >= 0.6 is 0 Å². The molecule has 0 bridgehead atoms. The maximum Gasteiger partial charge on any atom is 0.147 e. The second kappa shape index (κ2) is 11.3. The molecule has 0 spiro atoms. The molecule has 0 amide bonds. The summed E-state index contributed by atoms with van der Waals surface area (Å²) in [5.41, 5.74) is 11.1. The van der Waals surface area contributed by atoms with Crippen LogP contribution in [0.25, 0.3) is 55.2 Å². The van der Waals surface area contributed by atoms with E-state index in [1.807, 2.05) is 48.5 Å². The lowest BCUT2D eigenvalue weighted by Crippen LogP contribution is -2.16. The first-order valence-corrected chi connectivity index (χ1v) is 15.0. The van der Waals surface area contributed by atoms with Crippen LogP contribution in [-0.2, 0) is 6.54 Å². The lowest BCUT2D eigenvalue weighted by Gasteiger charge is -2.26. The van der Waals surface area contributed by atoms with Crippen molar-refractivity contribution in [2.45, 2.75) is 6.54 Å². The maximum absolute atomic E-state index is 6.41. The van der Waals surface area contributed by atoms with Crippen LogP contribution in [0.2, 0.25) is 0 Å². The number of anilines is 2. The van der Waals surface area contributed by atoms with Crippen molar-refractivity contribution < 1.29 is 4.42 Å². The molecule has 0 unspecified atom stereocenters. The molecule has 214 valence electrons. The zero-order chi connectivity index (χ0) is 30.2. The van der Waals surface area contributed by atoms with Crippen LogP contribution < -0.4 is 4.90 Å². The topological polar surface area (TPSA) is 41.6 Å². The van der Waals surface area contributed by atoms with Gasteiger partial charge >= 0.3 is 0 Å². The first kappa shape index (κ1) is 26.6. The Morgan fingerprint density at radius 2 is 1.33 bits per heavy atom. The molecular formula is C41H29N3O. The van der Waals surface area contributed by atoms with Gasteiger partial charge in [0.15, 0.2) is 0 Å². The van der Waals surface area contributed by atoms with E-state index in [0.29, 0.717) is 6.54 Å². The van der Waals surface area contributed by atoms with Crippen LogP contribution in [-0.4, -0.2) is 11.7 Å². The first-order chi connectivity index (χ1) is 22.3. The van der Waals surface area contributed by atoms with Crippen molar-refractivity contribution in [3.05, 3.63) is 157 Å². The fourth-order valence-corrected chi connectivity index (χ4v) is 6.20. The molecule has 0 atom stereocenters. The van der Waals surface area contributed by atoms with Crippen molar-refractivity contribution in [1.29, 1.82) is 0 Å². The summed E-state index contributed by atoms with van der Waals surface area (Å²) in [4.78, 5) is 11.7. The lowest BCUT2D eigenvalue weighted by molar-refractivity contribution is 0.672. The minimum Gasteiger partial charge on any atom is -0.455 e. The van der Waals surface area contributed by atoms with Crippen molar-refractivity contribution in [1.82, 2.24) is 4.98 Å². The summed E-state index contributed by atoms with van der Waals surface area (Å²) in [6.07, 6.45) is 0. The van der Waals surface area contributed by atoms with Gasteiger partial charge in [-0.3, -0.25) is 4.99 Å². The number of nitrogens with zero attached hydrogens (tertiary/aromatic N) is 3. The van der Waals surface area contributed by atoms with Crippen molar-refractivity contribution in [2.75, 3.05) is 4.90 Å². The number of para-hydroxylation sites is 5. The van der Waals surface area contributed by atoms with E-state index in [0.717, 1.165) is 72.3 Å². The molecule has 6 aromatic carbocycles. The Kier molecular flexibility index (Phi) is 6.65. The fourth-order valence-electron chi connectivity index (χ4n) is 6.20. The first-order valence-electron chi connectivity index (χ1n) is 15.0. The summed E-state index contributed by atoms with van der Waals surface area (Å²) in [6.45, 7) is 4.50. The predicted octanol–water partition coefficient (Wildman–Crippen LogP) is 11.1. The van der Waals surface area contributed by atoms with Crippen molar-refractivity contribution in [3.8, 4) is 22.4 Å². The Hall–Kier alpha value is -6.00. The van der Waals surface area contributed by atoms with E-state index in [1.54, 1.807) is 0 Å². The van der Waals surface area contributed by atoms with Crippen molar-refractivity contribution in [3.63, 3.8) is 0 Å². The van der Waals surface area contributed by atoms with Crippen LogP contribution in [0.4, 0.5) is 17.1 Å². The highest BCUT2D eigenvalue weighted by atomic mass is 16.3. The average molecular weight is 580 g/mol. The molecule has 4 nitrogen and oxygen atoms in total. The van der Waals surface area contributed by atoms with Crippen LogP contribution in [0.1, 0.15) is 5.56 Å². The van der Waals surface area contributed by atoms with Gasteiger partial charge < -0.3 is 9.32 Å². The normalized spacial score (nSPS) is 11.3. The van der Waals surface area contributed by atoms with E-state index < -0.39 is 0 Å². The Labute approximate surface area is 261 Å². The quantitative estimate of drug-likeness (QED) is 0.176. The van der Waals surface area contributed by atoms with Gasteiger partial charge in [0.2, 0.25) is 0 Å². The number of aliphatic imine (C=N–C) groups is 1. The summed E-state index contributed by atoms with van der Waals surface area (Å²) in [5.74, 6) is 0. The molecule has 0 saturated heterocycles. The number of aromatic nitrogens is 1. The van der Waals surface area contributed by atoms with Gasteiger partial charge in [-0.05, 0) is 71.9 Å². The standard InChI is InChI=1S/C41H29N3O/c1-42-36-19-8-9-20-37(36)44(32-14-3-2-4-15-32)27-28-22-24-29(25-23-28)30-12-11-13-31(26-30)40-39-34-17-6-10-21-38(34)45-41(39)33-16-5-7-18-35(33)43-40/h2-26H,1,27H2. The van der Waals surface area contributed by atoms with Gasteiger partial charge in [-0.1, -0.05) is 103 Å². The van der Waals surface area contributed by atoms with Gasteiger partial charge in [0.1, 0.15) is 11.2 Å². The number of pyridine rings is 1. The Bertz CT molecular complexity index is 2320. The molecule has 2 heterocycles. The van der Waals surface area contributed by atoms with Gasteiger partial charge in [-0.15, -0.1) is 0 Å². The summed E-state index contributed by atoms with van der Waals surface area (Å²) in [7, 11) is 0. The van der Waals surface area contributed by atoms with E-state index >= 15 is 0 Å². The minimum atomic E-state index is 0.698. The van der Waals surface area contributed by atoms with Gasteiger partial charge in [-0.25, -0.2) is 4.98 Å². The number of benzene rings is 6. The zero-order valence-corrected chi connectivity index (χ0v) is 24.6. The third-order valence-electron chi connectivity index (χ3n) is 8.39. The smallest absolute Gasteiger partial charge is 0.147 e. The molecule has 4 heteroatoms. The number of hydrogen-bond acceptors (Lipinski definition) is 4. The van der Waals surface area contributed by atoms with Gasteiger partial charge in [0.05, 0.1) is 28.0 Å². The van der Waals surface area contributed by atoms with Gasteiger partial charge in [0, 0.05) is 28.6 Å². The summed E-state index contributed by atoms with van der Waals surface area (Å²) < 4.78 is 6.41. The molecule has 8 rings (SSSR count). The average Bonchev–Trinajstić information content (AvgIpc) is 3.51. The van der Waals surface area contributed by atoms with Gasteiger partial charge in [-0.2, -0.15) is 0 Å². The minimum absolute atomic E-state index is 0.698. The molecule has 8 aromatic rings. The Morgan fingerprint density at radius 1 is 0.622 bits per heavy atom. The van der Waals surface area contributed by atoms with Gasteiger partial charge in [0.25, 0.3) is 0 Å². The molecule has 0 saturated carbocycles. The zero-order valence-electron chi connectivity index (χ0n) is 24.6. The predicted molar refractivity (Wildman–Crippen MR) is 188 cm³/mol. The second-order valence-electron chi connectivity index (χ2n) is 11.1. The third-order valence-corrected chi connectivity index (χ3v) is 8.39. The van der Waals surface area contributed by atoms with Crippen LogP contribution in [0, 0.1) is 0 Å². The number of furan rings is 1. The van der Waals surface area contributed by atoms with Crippen molar-refractivity contribution in [2.24, 2.45) is 4.99 Å². The number of hydrogen-bond donors (Lipinski definition) is 0. The molecule has 2 aromatic heterocycles. The van der Waals surface area contributed by atoms with Crippen LogP contribution in [0.5, 0.6) is 0 Å². The largest absolute Gasteiger partial charge is 0.455 e. The maximum atomic E-state index is 6.41. The highest BCUT2D eigenvalue weighted by molar-refractivity contribution is 6.19.